The zero-order valence-corrected chi connectivity index (χ0v) is 11.3. The van der Waals surface area contributed by atoms with E-state index in [1.807, 2.05) is 0 Å². The second kappa shape index (κ2) is 4.55. The highest BCUT2D eigenvalue weighted by Gasteiger charge is 2.39. The lowest BCUT2D eigenvalue weighted by Gasteiger charge is -2.36. The number of nitrogen functional groups attached to an aromatic ring is 1. The Morgan fingerprint density at radius 1 is 1.39 bits per heavy atom. The van der Waals surface area contributed by atoms with Crippen LogP contribution in [0.1, 0.15) is 25.3 Å². The molecule has 1 aliphatic heterocycles. The number of hydrogen-bond acceptors (Lipinski definition) is 4. The van der Waals surface area contributed by atoms with Crippen LogP contribution in [0.4, 0.5) is 5.69 Å². The van der Waals surface area contributed by atoms with Gasteiger partial charge >= 0.3 is 0 Å². The molecular formula is C13H19NO3S. The summed E-state index contributed by atoms with van der Waals surface area (Å²) in [5, 5.41) is 10.7. The zero-order chi connectivity index (χ0) is 13.4. The monoisotopic (exact) mass is 269 g/mol. The smallest absolute Gasteiger partial charge is 0.150 e. The molecule has 0 aliphatic carbocycles. The zero-order valence-electron chi connectivity index (χ0n) is 10.5. The van der Waals surface area contributed by atoms with E-state index in [1.54, 1.807) is 31.2 Å². The van der Waals surface area contributed by atoms with Crippen molar-refractivity contribution in [3.63, 3.8) is 0 Å². The second-order valence-corrected chi connectivity index (χ2v) is 7.42. The third-order valence-electron chi connectivity index (χ3n) is 3.76. The Morgan fingerprint density at radius 3 is 2.67 bits per heavy atom. The lowest BCUT2D eigenvalue weighted by Crippen LogP contribution is -2.40. The normalized spacial score (nSPS) is 26.4. The Hall–Kier alpha value is -1.07. The molecule has 1 fully saturated rings. The standard InChI is InChI=1S/C13H19NO3S/c1-13(15,11-6-2-3-7-12(11)14)10-5-4-8-18(16,17)9-10/h2-3,6-7,10,15H,4-5,8-9,14H2,1H3. The van der Waals surface area contributed by atoms with Gasteiger partial charge in [-0.15, -0.1) is 0 Å². The Kier molecular flexibility index (Phi) is 3.38. The molecule has 5 heteroatoms. The van der Waals surface area contributed by atoms with Gasteiger partial charge in [-0.25, -0.2) is 8.42 Å². The van der Waals surface area contributed by atoms with Crippen molar-refractivity contribution in [3.8, 4) is 0 Å². The van der Waals surface area contributed by atoms with Gasteiger partial charge in [0.25, 0.3) is 0 Å². The van der Waals surface area contributed by atoms with E-state index in [4.69, 9.17) is 5.73 Å². The summed E-state index contributed by atoms with van der Waals surface area (Å²) in [6.45, 7) is 1.66. The summed E-state index contributed by atoms with van der Waals surface area (Å²) in [4.78, 5) is 0. The van der Waals surface area contributed by atoms with E-state index in [1.165, 1.54) is 0 Å². The van der Waals surface area contributed by atoms with Crippen LogP contribution in [-0.4, -0.2) is 25.0 Å². The molecule has 2 atom stereocenters. The van der Waals surface area contributed by atoms with Crippen molar-refractivity contribution >= 4 is 15.5 Å². The largest absolute Gasteiger partial charge is 0.398 e. The second-order valence-electron chi connectivity index (χ2n) is 5.19. The van der Waals surface area contributed by atoms with Gasteiger partial charge in [-0.3, -0.25) is 0 Å². The predicted octanol–water partition coefficient (Wildman–Crippen LogP) is 1.30. The van der Waals surface area contributed by atoms with Crippen LogP contribution in [0, 0.1) is 5.92 Å². The number of hydrogen-bond donors (Lipinski definition) is 2. The van der Waals surface area contributed by atoms with Crippen LogP contribution in [0.25, 0.3) is 0 Å². The first-order chi connectivity index (χ1) is 8.33. The van der Waals surface area contributed by atoms with Crippen LogP contribution in [0.15, 0.2) is 24.3 Å². The van der Waals surface area contributed by atoms with Gasteiger partial charge in [-0.1, -0.05) is 18.2 Å². The third-order valence-corrected chi connectivity index (χ3v) is 5.58. The van der Waals surface area contributed by atoms with Gasteiger partial charge in [-0.2, -0.15) is 0 Å². The fourth-order valence-corrected chi connectivity index (χ4v) is 4.52. The molecule has 0 bridgehead atoms. The molecule has 0 spiro atoms. The summed E-state index contributed by atoms with van der Waals surface area (Å²) in [6, 6.07) is 7.09. The minimum absolute atomic E-state index is 0.0360. The van der Waals surface area contributed by atoms with E-state index in [0.29, 0.717) is 24.1 Å². The van der Waals surface area contributed by atoms with Gasteiger partial charge in [0.05, 0.1) is 17.1 Å². The quantitative estimate of drug-likeness (QED) is 0.793. The predicted molar refractivity (Wildman–Crippen MR) is 71.8 cm³/mol. The number of para-hydroxylation sites is 1. The average molecular weight is 269 g/mol. The van der Waals surface area contributed by atoms with Crippen molar-refractivity contribution in [2.24, 2.45) is 5.92 Å². The lowest BCUT2D eigenvalue weighted by atomic mass is 9.80. The summed E-state index contributed by atoms with van der Waals surface area (Å²) in [5.41, 5.74) is 5.80. The molecule has 1 aromatic carbocycles. The van der Waals surface area contributed by atoms with Crippen LogP contribution >= 0.6 is 0 Å². The van der Waals surface area contributed by atoms with Crippen LogP contribution in [0.5, 0.6) is 0 Å². The van der Waals surface area contributed by atoms with E-state index in [2.05, 4.69) is 0 Å². The van der Waals surface area contributed by atoms with Gasteiger partial charge in [0, 0.05) is 17.2 Å². The van der Waals surface area contributed by atoms with E-state index in [0.717, 1.165) is 0 Å². The molecule has 4 nitrogen and oxygen atoms in total. The van der Waals surface area contributed by atoms with Crippen molar-refractivity contribution < 1.29 is 13.5 Å². The number of sulfone groups is 1. The highest BCUT2D eigenvalue weighted by molar-refractivity contribution is 7.91. The molecule has 3 N–H and O–H groups in total. The molecule has 0 radical (unpaired) electrons. The van der Waals surface area contributed by atoms with Crippen LogP contribution in [-0.2, 0) is 15.4 Å². The molecule has 0 amide bonds. The van der Waals surface area contributed by atoms with Gasteiger partial charge in [-0.05, 0) is 25.8 Å². The highest BCUT2D eigenvalue weighted by Crippen LogP contribution is 2.38. The fourth-order valence-electron chi connectivity index (χ4n) is 2.64. The molecule has 2 rings (SSSR count). The first-order valence-electron chi connectivity index (χ1n) is 6.11. The molecule has 18 heavy (non-hydrogen) atoms. The average Bonchev–Trinajstić information content (AvgIpc) is 2.28. The minimum Gasteiger partial charge on any atom is -0.398 e. The van der Waals surface area contributed by atoms with Gasteiger partial charge in [0.2, 0.25) is 0 Å². The Morgan fingerprint density at radius 2 is 2.06 bits per heavy atom. The SMILES string of the molecule is CC(O)(c1ccccc1N)C1CCCS(=O)(=O)C1. The van der Waals surface area contributed by atoms with Crippen molar-refractivity contribution in [1.29, 1.82) is 0 Å². The van der Waals surface area contributed by atoms with Gasteiger partial charge in [0.15, 0.2) is 9.84 Å². The maximum atomic E-state index is 11.7. The highest BCUT2D eigenvalue weighted by atomic mass is 32.2. The summed E-state index contributed by atoms with van der Waals surface area (Å²) >= 11 is 0. The Labute approximate surface area is 108 Å². The Bertz CT molecular complexity index is 537. The van der Waals surface area contributed by atoms with Crippen molar-refractivity contribution in [2.45, 2.75) is 25.4 Å². The molecule has 1 saturated heterocycles. The van der Waals surface area contributed by atoms with Gasteiger partial charge < -0.3 is 10.8 Å². The van der Waals surface area contributed by atoms with Crippen LogP contribution < -0.4 is 5.73 Å². The summed E-state index contributed by atoms with van der Waals surface area (Å²) in [7, 11) is -3.04. The summed E-state index contributed by atoms with van der Waals surface area (Å²) in [5.74, 6) is -0.0287. The molecule has 0 aromatic heterocycles. The minimum atomic E-state index is -3.04. The molecule has 1 aliphatic rings. The molecule has 1 heterocycles. The van der Waals surface area contributed by atoms with Crippen molar-refractivity contribution in [2.75, 3.05) is 17.2 Å². The van der Waals surface area contributed by atoms with Crippen molar-refractivity contribution in [3.05, 3.63) is 29.8 Å². The maximum absolute atomic E-state index is 11.7. The van der Waals surface area contributed by atoms with E-state index < -0.39 is 15.4 Å². The van der Waals surface area contributed by atoms with Crippen LogP contribution in [0.3, 0.4) is 0 Å². The molecule has 100 valence electrons. The first-order valence-corrected chi connectivity index (χ1v) is 7.93. The number of benzene rings is 1. The van der Waals surface area contributed by atoms with Crippen LogP contribution in [0.2, 0.25) is 0 Å². The molecule has 1 aromatic rings. The first kappa shape index (κ1) is 13.4. The molecule has 0 saturated carbocycles. The fraction of sp³-hybridized carbons (Fsp3) is 0.538. The van der Waals surface area contributed by atoms with E-state index >= 15 is 0 Å². The third kappa shape index (κ3) is 2.52. The number of aliphatic hydroxyl groups is 1. The summed E-state index contributed by atoms with van der Waals surface area (Å²) < 4.78 is 23.4. The topological polar surface area (TPSA) is 80.4 Å². The lowest BCUT2D eigenvalue weighted by molar-refractivity contribution is -0.00144. The Balaban J connectivity index is 2.34. The number of anilines is 1. The molecular weight excluding hydrogens is 250 g/mol. The molecule has 2 unspecified atom stereocenters. The maximum Gasteiger partial charge on any atom is 0.150 e. The number of nitrogens with two attached hydrogens (primary N) is 1. The van der Waals surface area contributed by atoms with E-state index in [-0.39, 0.29) is 17.4 Å². The summed E-state index contributed by atoms with van der Waals surface area (Å²) in [6.07, 6.45) is 1.32. The van der Waals surface area contributed by atoms with E-state index in [9.17, 15) is 13.5 Å². The van der Waals surface area contributed by atoms with Gasteiger partial charge in [0.1, 0.15) is 0 Å². The van der Waals surface area contributed by atoms with Crippen molar-refractivity contribution in [1.82, 2.24) is 0 Å². The number of rotatable bonds is 2.